The van der Waals surface area contributed by atoms with Gasteiger partial charge in [0.15, 0.2) is 0 Å². The first kappa shape index (κ1) is 23.2. The summed E-state index contributed by atoms with van der Waals surface area (Å²) in [6, 6.07) is 18.4. The summed E-state index contributed by atoms with van der Waals surface area (Å²) in [6.07, 6.45) is 3.58. The van der Waals surface area contributed by atoms with Crippen molar-refractivity contribution < 1.29 is 9.90 Å². The van der Waals surface area contributed by atoms with E-state index in [-0.39, 0.29) is 36.1 Å². The molecule has 0 aliphatic heterocycles. The predicted molar refractivity (Wildman–Crippen MR) is 130 cm³/mol. The van der Waals surface area contributed by atoms with Crippen LogP contribution in [0, 0.1) is 0 Å². The Morgan fingerprint density at radius 3 is 2.64 bits per heavy atom. The number of aromatic nitrogens is 2. The summed E-state index contributed by atoms with van der Waals surface area (Å²) in [5.41, 5.74) is 3.04. The molecule has 0 atom stereocenters. The lowest BCUT2D eigenvalue weighted by Crippen LogP contribution is -2.34. The van der Waals surface area contributed by atoms with Gasteiger partial charge in [0.25, 0.3) is 11.5 Å². The SMILES string of the molecule is C[C@]1(c2cccc(Cl)c2)CC[C@H](n2nc(-c3cccc(C(=O)NCCO)c3)ccc2=O)CC1. The number of amides is 1. The molecule has 2 aromatic carbocycles. The van der Waals surface area contributed by atoms with Crippen LogP contribution in [-0.4, -0.2) is 33.9 Å². The highest BCUT2D eigenvalue weighted by molar-refractivity contribution is 6.30. The van der Waals surface area contributed by atoms with Crippen molar-refractivity contribution in [3.63, 3.8) is 0 Å². The van der Waals surface area contributed by atoms with Gasteiger partial charge in [0, 0.05) is 28.8 Å². The molecule has 1 amide bonds. The third kappa shape index (κ3) is 5.18. The highest BCUT2D eigenvalue weighted by Crippen LogP contribution is 2.43. The number of carbonyl (C=O) groups is 1. The number of hydrogen-bond donors (Lipinski definition) is 2. The van der Waals surface area contributed by atoms with Crippen molar-refractivity contribution in [2.45, 2.75) is 44.1 Å². The number of aliphatic hydroxyl groups excluding tert-OH is 1. The second kappa shape index (κ2) is 9.89. The topological polar surface area (TPSA) is 84.2 Å². The number of aliphatic hydroxyl groups is 1. The predicted octanol–water partition coefficient (Wildman–Crippen LogP) is 4.36. The number of carbonyl (C=O) groups excluding carboxylic acids is 1. The van der Waals surface area contributed by atoms with Gasteiger partial charge in [-0.1, -0.05) is 42.8 Å². The molecule has 1 aliphatic rings. The van der Waals surface area contributed by atoms with Gasteiger partial charge in [-0.3, -0.25) is 9.59 Å². The molecule has 0 saturated heterocycles. The van der Waals surface area contributed by atoms with Crippen LogP contribution < -0.4 is 10.9 Å². The van der Waals surface area contributed by atoms with Gasteiger partial charge in [0.2, 0.25) is 0 Å². The summed E-state index contributed by atoms with van der Waals surface area (Å²) in [5, 5.41) is 17.0. The summed E-state index contributed by atoms with van der Waals surface area (Å²) in [4.78, 5) is 24.9. The number of nitrogens with zero attached hydrogens (tertiary/aromatic N) is 2. The van der Waals surface area contributed by atoms with Gasteiger partial charge in [0.05, 0.1) is 18.3 Å². The Labute approximate surface area is 198 Å². The second-order valence-corrected chi connectivity index (χ2v) is 9.30. The standard InChI is InChI=1S/C26H28ClN3O3/c1-26(20-6-3-7-21(27)17-20)12-10-22(11-13-26)30-24(32)9-8-23(29-30)18-4-2-5-19(16-18)25(33)28-14-15-31/h2-9,16-17,22,31H,10-15H2,1H3,(H,28,33)/t22-,26-. The van der Waals surface area contributed by atoms with E-state index in [1.807, 2.05) is 24.3 Å². The van der Waals surface area contributed by atoms with E-state index >= 15 is 0 Å². The third-order valence-corrected chi connectivity index (χ3v) is 6.80. The van der Waals surface area contributed by atoms with Gasteiger partial charge in [-0.2, -0.15) is 5.10 Å². The first-order valence-corrected chi connectivity index (χ1v) is 11.6. The molecule has 7 heteroatoms. The summed E-state index contributed by atoms with van der Waals surface area (Å²) in [5.74, 6) is -0.258. The second-order valence-electron chi connectivity index (χ2n) is 8.86. The Hall–Kier alpha value is -2.96. The van der Waals surface area contributed by atoms with E-state index in [9.17, 15) is 9.59 Å². The van der Waals surface area contributed by atoms with Crippen molar-refractivity contribution in [2.75, 3.05) is 13.2 Å². The number of hydrogen-bond acceptors (Lipinski definition) is 4. The number of nitrogens with one attached hydrogen (secondary N) is 1. The molecule has 6 nitrogen and oxygen atoms in total. The van der Waals surface area contributed by atoms with E-state index in [0.717, 1.165) is 36.3 Å². The Morgan fingerprint density at radius 1 is 1.15 bits per heavy atom. The molecule has 33 heavy (non-hydrogen) atoms. The van der Waals surface area contributed by atoms with Crippen LogP contribution in [-0.2, 0) is 5.41 Å². The van der Waals surface area contributed by atoms with Crippen LogP contribution in [0.5, 0.6) is 0 Å². The highest BCUT2D eigenvalue weighted by Gasteiger charge is 2.34. The maximum atomic E-state index is 12.7. The van der Waals surface area contributed by atoms with Crippen molar-refractivity contribution in [1.29, 1.82) is 0 Å². The first-order valence-electron chi connectivity index (χ1n) is 11.2. The molecule has 0 bridgehead atoms. The van der Waals surface area contributed by atoms with Crippen molar-refractivity contribution in [3.8, 4) is 11.3 Å². The number of halogens is 1. The van der Waals surface area contributed by atoms with E-state index in [1.54, 1.807) is 35.0 Å². The fourth-order valence-electron chi connectivity index (χ4n) is 4.57. The van der Waals surface area contributed by atoms with E-state index < -0.39 is 0 Å². The van der Waals surface area contributed by atoms with E-state index in [0.29, 0.717) is 11.3 Å². The molecule has 2 N–H and O–H groups in total. The van der Waals surface area contributed by atoms with E-state index in [4.69, 9.17) is 16.7 Å². The molecular weight excluding hydrogens is 438 g/mol. The van der Waals surface area contributed by atoms with Crippen molar-refractivity contribution in [3.05, 3.63) is 87.2 Å². The molecular formula is C26H28ClN3O3. The molecule has 1 heterocycles. The molecule has 1 aliphatic carbocycles. The minimum atomic E-state index is -0.258. The molecule has 1 aromatic heterocycles. The molecule has 1 fully saturated rings. The van der Waals surface area contributed by atoms with Crippen LogP contribution >= 0.6 is 11.6 Å². The van der Waals surface area contributed by atoms with Gasteiger partial charge in [-0.15, -0.1) is 0 Å². The van der Waals surface area contributed by atoms with Crippen LogP contribution in [0.1, 0.15) is 54.6 Å². The zero-order valence-electron chi connectivity index (χ0n) is 18.6. The van der Waals surface area contributed by atoms with Gasteiger partial charge in [-0.05, 0) is 67.0 Å². The molecule has 172 valence electrons. The van der Waals surface area contributed by atoms with Gasteiger partial charge < -0.3 is 10.4 Å². The van der Waals surface area contributed by atoms with Crippen molar-refractivity contribution in [1.82, 2.24) is 15.1 Å². The molecule has 4 rings (SSSR count). The lowest BCUT2D eigenvalue weighted by molar-refractivity contribution is 0.0945. The summed E-state index contributed by atoms with van der Waals surface area (Å²) >= 11 is 6.21. The van der Waals surface area contributed by atoms with Crippen molar-refractivity contribution >= 4 is 17.5 Å². The quantitative estimate of drug-likeness (QED) is 0.566. The van der Waals surface area contributed by atoms with Gasteiger partial charge in [0.1, 0.15) is 0 Å². The van der Waals surface area contributed by atoms with Gasteiger partial charge in [-0.25, -0.2) is 4.68 Å². The Morgan fingerprint density at radius 2 is 1.91 bits per heavy atom. The van der Waals surface area contributed by atoms with E-state index in [1.165, 1.54) is 5.56 Å². The number of rotatable bonds is 6. The lowest BCUT2D eigenvalue weighted by atomic mass is 9.69. The van der Waals surface area contributed by atoms with Crippen LogP contribution in [0.2, 0.25) is 5.02 Å². The average Bonchev–Trinajstić information content (AvgIpc) is 2.83. The molecule has 3 aromatic rings. The van der Waals surface area contributed by atoms with Gasteiger partial charge >= 0.3 is 0 Å². The fraction of sp³-hybridized carbons (Fsp3) is 0.346. The minimum Gasteiger partial charge on any atom is -0.395 e. The zero-order valence-corrected chi connectivity index (χ0v) is 19.4. The third-order valence-electron chi connectivity index (χ3n) is 6.57. The normalized spacial score (nSPS) is 20.4. The zero-order chi connectivity index (χ0) is 23.4. The molecule has 0 spiro atoms. The van der Waals surface area contributed by atoms with E-state index in [2.05, 4.69) is 23.4 Å². The largest absolute Gasteiger partial charge is 0.395 e. The average molecular weight is 466 g/mol. The summed E-state index contributed by atoms with van der Waals surface area (Å²) < 4.78 is 1.60. The maximum Gasteiger partial charge on any atom is 0.267 e. The molecule has 1 saturated carbocycles. The van der Waals surface area contributed by atoms with Crippen LogP contribution in [0.3, 0.4) is 0 Å². The molecule has 0 radical (unpaired) electrons. The molecule has 0 unspecified atom stereocenters. The van der Waals surface area contributed by atoms with Crippen LogP contribution in [0.4, 0.5) is 0 Å². The monoisotopic (exact) mass is 465 g/mol. The summed E-state index contributed by atoms with van der Waals surface area (Å²) in [6.45, 7) is 2.34. The fourth-order valence-corrected chi connectivity index (χ4v) is 4.76. The maximum absolute atomic E-state index is 12.7. The highest BCUT2D eigenvalue weighted by atomic mass is 35.5. The number of benzene rings is 2. The van der Waals surface area contributed by atoms with Crippen molar-refractivity contribution in [2.24, 2.45) is 0 Å². The summed E-state index contributed by atoms with van der Waals surface area (Å²) in [7, 11) is 0. The Balaban J connectivity index is 1.54. The Bertz CT molecular complexity index is 1200. The lowest BCUT2D eigenvalue weighted by Gasteiger charge is -2.38. The Kier molecular flexibility index (Phi) is 6.96. The first-order chi connectivity index (χ1) is 15.9. The smallest absolute Gasteiger partial charge is 0.267 e. The van der Waals surface area contributed by atoms with Crippen LogP contribution in [0.15, 0.2) is 65.5 Å². The minimum absolute atomic E-state index is 0.0267. The van der Waals surface area contributed by atoms with Crippen LogP contribution in [0.25, 0.3) is 11.3 Å².